The summed E-state index contributed by atoms with van der Waals surface area (Å²) < 4.78 is 1.61. The number of nitrogens with zero attached hydrogens (tertiary/aromatic N) is 5. The Morgan fingerprint density at radius 3 is 2.68 bits per heavy atom. The highest BCUT2D eigenvalue weighted by Crippen LogP contribution is 2.05. The molecule has 0 atom stereocenters. The molecule has 0 spiro atoms. The van der Waals surface area contributed by atoms with E-state index in [0.29, 0.717) is 5.65 Å². The lowest BCUT2D eigenvalue weighted by atomic mass is 10.2. The van der Waals surface area contributed by atoms with Gasteiger partial charge in [-0.05, 0) is 24.6 Å². The average Bonchev–Trinajstić information content (AvgIpc) is 2.64. The molecule has 3 aromatic heterocycles. The Kier molecular flexibility index (Phi) is 4.15. The SMILES string of the molecule is Cc1ccc2nc(C[NH+]3CCN(c4ncccn4)CC3)cc(=O)n2c1. The van der Waals surface area contributed by atoms with E-state index in [1.807, 2.05) is 31.3 Å². The van der Waals surface area contributed by atoms with Crippen LogP contribution in [0.2, 0.25) is 0 Å². The minimum atomic E-state index is -0.0144. The predicted octanol–water partition coefficient (Wildman–Crippen LogP) is -0.302. The van der Waals surface area contributed by atoms with Crippen molar-refractivity contribution in [3.8, 4) is 0 Å². The first-order valence-electron chi connectivity index (χ1n) is 8.53. The van der Waals surface area contributed by atoms with Crippen molar-refractivity contribution in [1.82, 2.24) is 19.4 Å². The molecule has 1 fully saturated rings. The molecular formula is C18H21N6O+. The van der Waals surface area contributed by atoms with Gasteiger partial charge in [-0.3, -0.25) is 9.20 Å². The second-order valence-electron chi connectivity index (χ2n) is 6.48. The van der Waals surface area contributed by atoms with E-state index < -0.39 is 0 Å². The lowest BCUT2D eigenvalue weighted by molar-refractivity contribution is -0.914. The Labute approximate surface area is 145 Å². The minimum Gasteiger partial charge on any atom is -0.330 e. The van der Waals surface area contributed by atoms with Crippen LogP contribution in [0.4, 0.5) is 5.95 Å². The molecule has 3 aromatic rings. The third kappa shape index (κ3) is 3.36. The van der Waals surface area contributed by atoms with Crippen molar-refractivity contribution >= 4 is 11.6 Å². The van der Waals surface area contributed by atoms with E-state index in [0.717, 1.165) is 49.9 Å². The van der Waals surface area contributed by atoms with Gasteiger partial charge in [0.25, 0.3) is 5.56 Å². The van der Waals surface area contributed by atoms with Crippen molar-refractivity contribution in [3.63, 3.8) is 0 Å². The van der Waals surface area contributed by atoms with Crippen LogP contribution in [0.3, 0.4) is 0 Å². The number of rotatable bonds is 3. The highest BCUT2D eigenvalue weighted by Gasteiger charge is 2.22. The largest absolute Gasteiger partial charge is 0.330 e. The van der Waals surface area contributed by atoms with E-state index in [4.69, 9.17) is 0 Å². The molecule has 128 valence electrons. The molecule has 25 heavy (non-hydrogen) atoms. The molecule has 0 amide bonds. The molecule has 1 N–H and O–H groups in total. The van der Waals surface area contributed by atoms with Gasteiger partial charge in [0.2, 0.25) is 5.95 Å². The highest BCUT2D eigenvalue weighted by atomic mass is 16.1. The van der Waals surface area contributed by atoms with Gasteiger partial charge in [0.1, 0.15) is 17.9 Å². The first-order chi connectivity index (χ1) is 12.2. The number of nitrogens with one attached hydrogen (secondary N) is 1. The lowest BCUT2D eigenvalue weighted by Gasteiger charge is -2.31. The number of pyridine rings is 1. The Morgan fingerprint density at radius 2 is 1.92 bits per heavy atom. The quantitative estimate of drug-likeness (QED) is 0.711. The summed E-state index contributed by atoms with van der Waals surface area (Å²) in [4.78, 5) is 29.2. The maximum atomic E-state index is 12.3. The van der Waals surface area contributed by atoms with Gasteiger partial charge in [-0.2, -0.15) is 0 Å². The molecule has 7 nitrogen and oxygen atoms in total. The molecule has 0 radical (unpaired) electrons. The van der Waals surface area contributed by atoms with Gasteiger partial charge >= 0.3 is 0 Å². The van der Waals surface area contributed by atoms with Crippen molar-refractivity contribution in [2.75, 3.05) is 31.1 Å². The molecule has 1 saturated heterocycles. The Hall–Kier alpha value is -2.80. The Balaban J connectivity index is 1.46. The van der Waals surface area contributed by atoms with Crippen LogP contribution < -0.4 is 15.4 Å². The molecule has 0 aromatic carbocycles. The average molecular weight is 337 g/mol. The van der Waals surface area contributed by atoms with Gasteiger partial charge in [-0.15, -0.1) is 0 Å². The van der Waals surface area contributed by atoms with Crippen molar-refractivity contribution in [3.05, 3.63) is 64.5 Å². The van der Waals surface area contributed by atoms with Crippen molar-refractivity contribution in [1.29, 1.82) is 0 Å². The van der Waals surface area contributed by atoms with E-state index in [9.17, 15) is 4.79 Å². The summed E-state index contributed by atoms with van der Waals surface area (Å²) in [6, 6.07) is 7.37. The normalized spacial score (nSPS) is 15.6. The van der Waals surface area contributed by atoms with E-state index in [1.54, 1.807) is 22.9 Å². The molecular weight excluding hydrogens is 316 g/mol. The maximum absolute atomic E-state index is 12.3. The first kappa shape index (κ1) is 15.7. The van der Waals surface area contributed by atoms with Gasteiger partial charge in [-0.1, -0.05) is 6.07 Å². The van der Waals surface area contributed by atoms with Crippen LogP contribution in [-0.2, 0) is 6.54 Å². The van der Waals surface area contributed by atoms with Crippen LogP contribution in [0.5, 0.6) is 0 Å². The fraction of sp³-hybridized carbons (Fsp3) is 0.333. The van der Waals surface area contributed by atoms with Gasteiger partial charge in [-0.25, -0.2) is 15.0 Å². The molecule has 4 heterocycles. The number of quaternary nitrogens is 1. The Bertz CT molecular complexity index is 931. The molecule has 0 bridgehead atoms. The fourth-order valence-electron chi connectivity index (χ4n) is 3.26. The first-order valence-corrected chi connectivity index (χ1v) is 8.53. The van der Waals surface area contributed by atoms with Crippen LogP contribution in [0.15, 0.2) is 47.7 Å². The zero-order valence-corrected chi connectivity index (χ0v) is 14.2. The monoisotopic (exact) mass is 337 g/mol. The number of anilines is 1. The topological polar surface area (TPSA) is 67.8 Å². The van der Waals surface area contributed by atoms with Crippen LogP contribution in [0.1, 0.15) is 11.3 Å². The molecule has 1 aliphatic rings. The van der Waals surface area contributed by atoms with Gasteiger partial charge in [0.15, 0.2) is 0 Å². The van der Waals surface area contributed by atoms with E-state index in [-0.39, 0.29) is 5.56 Å². The third-order valence-corrected chi connectivity index (χ3v) is 4.60. The van der Waals surface area contributed by atoms with Gasteiger partial charge < -0.3 is 9.80 Å². The smallest absolute Gasteiger partial charge is 0.258 e. The number of aromatic nitrogens is 4. The predicted molar refractivity (Wildman–Crippen MR) is 94.8 cm³/mol. The molecule has 0 aliphatic carbocycles. The zero-order valence-electron chi connectivity index (χ0n) is 14.2. The highest BCUT2D eigenvalue weighted by molar-refractivity contribution is 5.39. The summed E-state index contributed by atoms with van der Waals surface area (Å²) in [7, 11) is 0. The van der Waals surface area contributed by atoms with E-state index in [2.05, 4.69) is 19.9 Å². The standard InChI is InChI=1S/C18H20N6O/c1-14-3-4-16-21-15(11-17(25)24(16)12-14)13-22-7-9-23(10-8-22)18-19-5-2-6-20-18/h2-6,11-12H,7-10,13H2,1H3/p+1. The fourth-order valence-corrected chi connectivity index (χ4v) is 3.26. The Morgan fingerprint density at radius 1 is 1.16 bits per heavy atom. The summed E-state index contributed by atoms with van der Waals surface area (Å²) in [5.74, 6) is 0.791. The van der Waals surface area contributed by atoms with Crippen molar-refractivity contribution in [2.24, 2.45) is 0 Å². The van der Waals surface area contributed by atoms with E-state index >= 15 is 0 Å². The zero-order chi connectivity index (χ0) is 17.2. The van der Waals surface area contributed by atoms with Crippen LogP contribution in [0.25, 0.3) is 5.65 Å². The molecule has 1 aliphatic heterocycles. The second kappa shape index (κ2) is 6.60. The minimum absolute atomic E-state index is 0.0144. The number of aryl methyl sites for hydroxylation is 1. The summed E-state index contributed by atoms with van der Waals surface area (Å²) >= 11 is 0. The van der Waals surface area contributed by atoms with Crippen LogP contribution in [-0.4, -0.2) is 45.5 Å². The molecule has 4 rings (SSSR count). The number of piperazine rings is 1. The second-order valence-corrected chi connectivity index (χ2v) is 6.48. The van der Waals surface area contributed by atoms with Gasteiger partial charge in [0, 0.05) is 24.7 Å². The summed E-state index contributed by atoms with van der Waals surface area (Å²) in [5.41, 5.74) is 2.60. The summed E-state index contributed by atoms with van der Waals surface area (Å²) in [6.45, 7) is 6.51. The molecule has 0 unspecified atom stereocenters. The molecule has 0 saturated carbocycles. The summed E-state index contributed by atoms with van der Waals surface area (Å²) in [5, 5.41) is 0. The van der Waals surface area contributed by atoms with Crippen LogP contribution >= 0.6 is 0 Å². The number of fused-ring (bicyclic) bond motifs is 1. The molecule has 7 heteroatoms. The van der Waals surface area contributed by atoms with Crippen molar-refractivity contribution < 1.29 is 4.90 Å². The lowest BCUT2D eigenvalue weighted by Crippen LogP contribution is -3.13. The van der Waals surface area contributed by atoms with Gasteiger partial charge in [0.05, 0.1) is 26.2 Å². The third-order valence-electron chi connectivity index (χ3n) is 4.60. The van der Waals surface area contributed by atoms with Crippen LogP contribution in [0, 0.1) is 6.92 Å². The van der Waals surface area contributed by atoms with E-state index in [1.165, 1.54) is 4.90 Å². The number of hydrogen-bond acceptors (Lipinski definition) is 5. The summed E-state index contributed by atoms with van der Waals surface area (Å²) in [6.07, 6.45) is 5.38. The van der Waals surface area contributed by atoms with Crippen molar-refractivity contribution in [2.45, 2.75) is 13.5 Å². The maximum Gasteiger partial charge on any atom is 0.258 e. The number of hydrogen-bond donors (Lipinski definition) is 1.